The van der Waals surface area contributed by atoms with Gasteiger partial charge in [0.25, 0.3) is 0 Å². The van der Waals surface area contributed by atoms with E-state index in [9.17, 15) is 8.42 Å². The van der Waals surface area contributed by atoms with E-state index in [0.29, 0.717) is 29.7 Å². The highest BCUT2D eigenvalue weighted by molar-refractivity contribution is 7.89. The Morgan fingerprint density at radius 1 is 1.06 bits per heavy atom. The molecule has 0 radical (unpaired) electrons. The van der Waals surface area contributed by atoms with E-state index in [4.69, 9.17) is 4.52 Å². The SMILES string of the molecule is Cc1cc(-c2ccc(C)c(S(=O)(=O)N3CCC[C@@H](CN4CCc5ccccc5C4)C3)c2)on1. The molecule has 2 aromatic carbocycles. The molecule has 5 rings (SSSR count). The summed E-state index contributed by atoms with van der Waals surface area (Å²) in [6.45, 7) is 7.80. The number of hydrogen-bond acceptors (Lipinski definition) is 5. The van der Waals surface area contributed by atoms with Crippen molar-refractivity contribution in [1.82, 2.24) is 14.4 Å². The van der Waals surface area contributed by atoms with Gasteiger partial charge in [0.15, 0.2) is 5.76 Å². The first-order chi connectivity index (χ1) is 15.9. The Balaban J connectivity index is 1.32. The van der Waals surface area contributed by atoms with Crippen LogP contribution in [0.15, 0.2) is 57.9 Å². The molecule has 7 heteroatoms. The molecule has 6 nitrogen and oxygen atoms in total. The molecule has 2 aliphatic rings. The van der Waals surface area contributed by atoms with Crippen molar-refractivity contribution in [3.05, 3.63) is 70.9 Å². The van der Waals surface area contributed by atoms with Gasteiger partial charge in [0.05, 0.1) is 10.6 Å². The molecule has 0 saturated carbocycles. The van der Waals surface area contributed by atoms with Crippen LogP contribution < -0.4 is 0 Å². The van der Waals surface area contributed by atoms with Gasteiger partial charge in [0.2, 0.25) is 10.0 Å². The zero-order valence-corrected chi connectivity index (χ0v) is 20.1. The van der Waals surface area contributed by atoms with Crippen molar-refractivity contribution in [3.8, 4) is 11.3 Å². The van der Waals surface area contributed by atoms with Crippen LogP contribution in [0, 0.1) is 19.8 Å². The van der Waals surface area contributed by atoms with E-state index in [0.717, 1.165) is 55.7 Å². The molecule has 1 fully saturated rings. The Morgan fingerprint density at radius 2 is 1.88 bits per heavy atom. The summed E-state index contributed by atoms with van der Waals surface area (Å²) in [4.78, 5) is 2.85. The van der Waals surface area contributed by atoms with Crippen LogP contribution in [0.5, 0.6) is 0 Å². The first kappa shape index (κ1) is 22.3. The minimum atomic E-state index is -3.59. The number of nitrogens with zero attached hydrogens (tertiary/aromatic N) is 3. The molecule has 0 N–H and O–H groups in total. The Hall–Kier alpha value is -2.48. The number of benzene rings is 2. The number of aromatic nitrogens is 1. The lowest BCUT2D eigenvalue weighted by atomic mass is 9.95. The first-order valence-electron chi connectivity index (χ1n) is 11.7. The van der Waals surface area contributed by atoms with Gasteiger partial charge in [-0.1, -0.05) is 41.6 Å². The van der Waals surface area contributed by atoms with Gasteiger partial charge in [-0.25, -0.2) is 8.42 Å². The van der Waals surface area contributed by atoms with Crippen molar-refractivity contribution in [2.24, 2.45) is 5.92 Å². The molecule has 33 heavy (non-hydrogen) atoms. The number of hydrogen-bond donors (Lipinski definition) is 0. The average Bonchev–Trinajstić information content (AvgIpc) is 3.25. The van der Waals surface area contributed by atoms with E-state index in [-0.39, 0.29) is 0 Å². The van der Waals surface area contributed by atoms with Gasteiger partial charge in [-0.15, -0.1) is 0 Å². The summed E-state index contributed by atoms with van der Waals surface area (Å²) < 4.78 is 34.4. The molecule has 2 aliphatic heterocycles. The van der Waals surface area contributed by atoms with Gasteiger partial charge in [0.1, 0.15) is 0 Å². The predicted octanol–water partition coefficient (Wildman–Crippen LogP) is 4.42. The Labute approximate surface area is 196 Å². The molecule has 1 aromatic heterocycles. The lowest BCUT2D eigenvalue weighted by Gasteiger charge is -2.37. The van der Waals surface area contributed by atoms with Gasteiger partial charge in [-0.2, -0.15) is 4.31 Å². The maximum absolute atomic E-state index is 13.7. The Morgan fingerprint density at radius 3 is 2.67 bits per heavy atom. The van der Waals surface area contributed by atoms with Crippen molar-refractivity contribution in [2.45, 2.75) is 44.6 Å². The fraction of sp³-hybridized carbons (Fsp3) is 0.423. The largest absolute Gasteiger partial charge is 0.356 e. The number of sulfonamides is 1. The van der Waals surface area contributed by atoms with E-state index < -0.39 is 10.0 Å². The molecular formula is C26H31N3O3S. The van der Waals surface area contributed by atoms with E-state index in [2.05, 4.69) is 34.3 Å². The second-order valence-corrected chi connectivity index (χ2v) is 11.3. The lowest BCUT2D eigenvalue weighted by molar-refractivity contribution is 0.167. The topological polar surface area (TPSA) is 66.7 Å². The zero-order valence-electron chi connectivity index (χ0n) is 19.3. The molecule has 0 unspecified atom stereocenters. The van der Waals surface area contributed by atoms with Crippen molar-refractivity contribution in [1.29, 1.82) is 0 Å². The molecule has 0 amide bonds. The molecule has 174 valence electrons. The molecule has 1 saturated heterocycles. The number of fused-ring (bicyclic) bond motifs is 1. The van der Waals surface area contributed by atoms with Crippen molar-refractivity contribution in [2.75, 3.05) is 26.2 Å². The average molecular weight is 466 g/mol. The third-order valence-electron chi connectivity index (χ3n) is 6.93. The summed E-state index contributed by atoms with van der Waals surface area (Å²) in [5.41, 5.74) is 5.11. The summed E-state index contributed by atoms with van der Waals surface area (Å²) in [7, 11) is -3.59. The highest BCUT2D eigenvalue weighted by Crippen LogP contribution is 2.31. The highest BCUT2D eigenvalue weighted by atomic mass is 32.2. The van der Waals surface area contributed by atoms with Gasteiger partial charge in [0, 0.05) is 44.4 Å². The normalized spacial score (nSPS) is 20.0. The maximum Gasteiger partial charge on any atom is 0.243 e. The van der Waals surface area contributed by atoms with Crippen LogP contribution in [-0.4, -0.2) is 49.0 Å². The quantitative estimate of drug-likeness (QED) is 0.558. The van der Waals surface area contributed by atoms with Crippen LogP contribution in [0.4, 0.5) is 0 Å². The van der Waals surface area contributed by atoms with Gasteiger partial charge in [-0.05, 0) is 61.8 Å². The zero-order chi connectivity index (χ0) is 23.0. The van der Waals surface area contributed by atoms with E-state index in [1.807, 2.05) is 32.0 Å². The summed E-state index contributed by atoms with van der Waals surface area (Å²) >= 11 is 0. The predicted molar refractivity (Wildman–Crippen MR) is 128 cm³/mol. The van der Waals surface area contributed by atoms with Gasteiger partial charge < -0.3 is 4.52 Å². The Kier molecular flexibility index (Phi) is 6.12. The summed E-state index contributed by atoms with van der Waals surface area (Å²) in [6, 6.07) is 16.0. The third kappa shape index (κ3) is 4.63. The van der Waals surface area contributed by atoms with Gasteiger partial charge >= 0.3 is 0 Å². The molecule has 3 aromatic rings. The second kappa shape index (κ2) is 9.05. The van der Waals surface area contributed by atoms with Crippen LogP contribution in [0.3, 0.4) is 0 Å². The van der Waals surface area contributed by atoms with Crippen LogP contribution >= 0.6 is 0 Å². The molecular weight excluding hydrogens is 434 g/mol. The van der Waals surface area contributed by atoms with Crippen molar-refractivity contribution >= 4 is 10.0 Å². The van der Waals surface area contributed by atoms with Crippen LogP contribution in [0.25, 0.3) is 11.3 Å². The number of aryl methyl sites for hydroxylation is 2. The molecule has 1 atom stereocenters. The van der Waals surface area contributed by atoms with E-state index in [1.54, 1.807) is 10.4 Å². The number of piperidine rings is 1. The fourth-order valence-electron chi connectivity index (χ4n) is 5.14. The van der Waals surface area contributed by atoms with Crippen molar-refractivity contribution in [3.63, 3.8) is 0 Å². The van der Waals surface area contributed by atoms with E-state index in [1.165, 1.54) is 11.1 Å². The smallest absolute Gasteiger partial charge is 0.243 e. The molecule has 0 spiro atoms. The monoisotopic (exact) mass is 465 g/mol. The Bertz CT molecular complexity index is 1250. The molecule has 0 aliphatic carbocycles. The second-order valence-electron chi connectivity index (χ2n) is 9.44. The minimum absolute atomic E-state index is 0.346. The van der Waals surface area contributed by atoms with Gasteiger partial charge in [-0.3, -0.25) is 4.90 Å². The third-order valence-corrected chi connectivity index (χ3v) is 8.93. The van der Waals surface area contributed by atoms with E-state index >= 15 is 0 Å². The first-order valence-corrected chi connectivity index (χ1v) is 13.2. The van der Waals surface area contributed by atoms with Crippen LogP contribution in [-0.2, 0) is 23.0 Å². The maximum atomic E-state index is 13.7. The summed E-state index contributed by atoms with van der Waals surface area (Å²) in [5.74, 6) is 0.935. The minimum Gasteiger partial charge on any atom is -0.356 e. The molecule has 3 heterocycles. The van der Waals surface area contributed by atoms with Crippen LogP contribution in [0.1, 0.15) is 35.2 Å². The molecule has 0 bridgehead atoms. The highest BCUT2D eigenvalue weighted by Gasteiger charge is 2.32. The number of rotatable bonds is 5. The summed E-state index contributed by atoms with van der Waals surface area (Å²) in [6.07, 6.45) is 3.03. The van der Waals surface area contributed by atoms with Crippen LogP contribution in [0.2, 0.25) is 0 Å². The standard InChI is InChI=1S/C26H31N3O3S/c1-19-9-10-23(25-14-20(2)27-32-25)15-26(19)33(30,31)29-12-5-6-21(17-29)16-28-13-11-22-7-3-4-8-24(22)18-28/h3-4,7-10,14-15,21H,5-6,11-13,16-18H2,1-2H3/t21-/m0/s1. The summed E-state index contributed by atoms with van der Waals surface area (Å²) in [5, 5.41) is 3.94. The fourth-order valence-corrected chi connectivity index (χ4v) is 6.94. The van der Waals surface area contributed by atoms with Crippen molar-refractivity contribution < 1.29 is 12.9 Å². The lowest BCUT2D eigenvalue weighted by Crippen LogP contribution is -2.44.